The van der Waals surface area contributed by atoms with Crippen molar-refractivity contribution in [3.05, 3.63) is 35.9 Å². The molecule has 0 unspecified atom stereocenters. The number of ether oxygens (including phenoxy) is 3. The minimum atomic E-state index is -0.542. The molecule has 0 radical (unpaired) electrons. The fraction of sp³-hybridized carbons (Fsp3) is 0.429. The Labute approximate surface area is 112 Å². The SMILES string of the molecule is COC(=O)CC(CC(=O)OC)OCc1ccccc1. The lowest BCUT2D eigenvalue weighted by Crippen LogP contribution is -2.22. The fourth-order valence-corrected chi connectivity index (χ4v) is 1.52. The molecule has 1 aromatic carbocycles. The third-order valence-corrected chi connectivity index (χ3v) is 2.57. The van der Waals surface area contributed by atoms with Crippen molar-refractivity contribution in [1.29, 1.82) is 0 Å². The zero-order valence-electron chi connectivity index (χ0n) is 11.1. The summed E-state index contributed by atoms with van der Waals surface area (Å²) in [6.45, 7) is 0.333. The lowest BCUT2D eigenvalue weighted by atomic mass is 10.2. The molecule has 0 aliphatic heterocycles. The number of rotatable bonds is 7. The summed E-state index contributed by atoms with van der Waals surface area (Å²) < 4.78 is 14.7. The van der Waals surface area contributed by atoms with E-state index < -0.39 is 18.0 Å². The zero-order valence-corrected chi connectivity index (χ0v) is 11.1. The van der Waals surface area contributed by atoms with Crippen LogP contribution in [0.5, 0.6) is 0 Å². The van der Waals surface area contributed by atoms with E-state index in [2.05, 4.69) is 9.47 Å². The van der Waals surface area contributed by atoms with Gasteiger partial charge in [-0.3, -0.25) is 9.59 Å². The number of esters is 2. The van der Waals surface area contributed by atoms with Crippen LogP contribution < -0.4 is 0 Å². The molecular weight excluding hydrogens is 248 g/mol. The van der Waals surface area contributed by atoms with Crippen LogP contribution >= 0.6 is 0 Å². The first-order chi connectivity index (χ1) is 9.15. The standard InChI is InChI=1S/C14H18O5/c1-17-13(15)8-12(9-14(16)18-2)19-10-11-6-4-3-5-7-11/h3-7,12H,8-10H2,1-2H3. The van der Waals surface area contributed by atoms with Crippen LogP contribution in [-0.2, 0) is 30.4 Å². The van der Waals surface area contributed by atoms with Crippen LogP contribution in [0.3, 0.4) is 0 Å². The maximum Gasteiger partial charge on any atom is 0.308 e. The van der Waals surface area contributed by atoms with Crippen molar-refractivity contribution in [2.24, 2.45) is 0 Å². The second kappa shape index (κ2) is 8.26. The summed E-state index contributed by atoms with van der Waals surface area (Å²) in [6.07, 6.45) is -0.489. The Hall–Kier alpha value is -1.88. The van der Waals surface area contributed by atoms with Crippen molar-refractivity contribution in [3.8, 4) is 0 Å². The largest absolute Gasteiger partial charge is 0.469 e. The van der Waals surface area contributed by atoms with Crippen LogP contribution in [0.2, 0.25) is 0 Å². The second-order valence-corrected chi connectivity index (χ2v) is 3.98. The minimum absolute atomic E-state index is 0.0262. The second-order valence-electron chi connectivity index (χ2n) is 3.98. The summed E-state index contributed by atoms with van der Waals surface area (Å²) in [5.41, 5.74) is 0.974. The highest BCUT2D eigenvalue weighted by Gasteiger charge is 2.19. The first-order valence-electron chi connectivity index (χ1n) is 5.95. The van der Waals surface area contributed by atoms with Gasteiger partial charge in [0.1, 0.15) is 0 Å². The van der Waals surface area contributed by atoms with Crippen molar-refractivity contribution in [1.82, 2.24) is 0 Å². The van der Waals surface area contributed by atoms with Crippen molar-refractivity contribution in [3.63, 3.8) is 0 Å². The van der Waals surface area contributed by atoms with Crippen molar-refractivity contribution in [2.75, 3.05) is 14.2 Å². The summed E-state index contributed by atoms with van der Waals surface area (Å²) >= 11 is 0. The highest BCUT2D eigenvalue weighted by molar-refractivity contribution is 5.73. The quantitative estimate of drug-likeness (QED) is 0.703. The van der Waals surface area contributed by atoms with Crippen LogP contribution in [0.25, 0.3) is 0 Å². The van der Waals surface area contributed by atoms with Crippen LogP contribution in [0.4, 0.5) is 0 Å². The molecule has 0 spiro atoms. The van der Waals surface area contributed by atoms with E-state index in [0.717, 1.165) is 5.56 Å². The predicted molar refractivity (Wildman–Crippen MR) is 68.3 cm³/mol. The van der Waals surface area contributed by atoms with Gasteiger partial charge in [-0.1, -0.05) is 30.3 Å². The normalized spacial score (nSPS) is 10.3. The molecule has 0 saturated carbocycles. The maximum absolute atomic E-state index is 11.2. The molecule has 1 aromatic rings. The summed E-state index contributed by atoms with van der Waals surface area (Å²) in [7, 11) is 2.60. The van der Waals surface area contributed by atoms with Gasteiger partial charge in [0.15, 0.2) is 0 Å². The van der Waals surface area contributed by atoms with Gasteiger partial charge in [0.25, 0.3) is 0 Å². The van der Waals surface area contributed by atoms with E-state index in [1.54, 1.807) is 0 Å². The van der Waals surface area contributed by atoms with Gasteiger partial charge in [0, 0.05) is 0 Å². The third-order valence-electron chi connectivity index (χ3n) is 2.57. The highest BCUT2D eigenvalue weighted by atomic mass is 16.5. The predicted octanol–water partition coefficient (Wildman–Crippen LogP) is 1.70. The monoisotopic (exact) mass is 266 g/mol. The van der Waals surface area contributed by atoms with Gasteiger partial charge in [-0.05, 0) is 5.56 Å². The molecule has 5 heteroatoms. The zero-order chi connectivity index (χ0) is 14.1. The van der Waals surface area contributed by atoms with E-state index >= 15 is 0 Å². The Balaban J connectivity index is 2.53. The summed E-state index contributed by atoms with van der Waals surface area (Å²) in [5.74, 6) is -0.830. The number of methoxy groups -OCH3 is 2. The Morgan fingerprint density at radius 2 is 1.53 bits per heavy atom. The lowest BCUT2D eigenvalue weighted by molar-refractivity contribution is -0.148. The number of hydrogen-bond acceptors (Lipinski definition) is 5. The first-order valence-corrected chi connectivity index (χ1v) is 5.95. The van der Waals surface area contributed by atoms with Crippen molar-refractivity contribution < 1.29 is 23.8 Å². The molecule has 0 bridgehead atoms. The van der Waals surface area contributed by atoms with Crippen LogP contribution in [0.15, 0.2) is 30.3 Å². The molecule has 0 aliphatic rings. The molecule has 0 aliphatic carbocycles. The Bertz CT molecular complexity index is 384. The molecule has 104 valence electrons. The Morgan fingerprint density at radius 1 is 1.00 bits per heavy atom. The minimum Gasteiger partial charge on any atom is -0.469 e. The van der Waals surface area contributed by atoms with Crippen LogP contribution in [0, 0.1) is 0 Å². The molecule has 0 atom stereocenters. The van der Waals surface area contributed by atoms with Gasteiger partial charge < -0.3 is 14.2 Å². The molecular formula is C14H18O5. The Kier molecular flexibility index (Phi) is 6.60. The molecule has 1 rings (SSSR count). The summed E-state index contributed by atoms with van der Waals surface area (Å²) in [4.78, 5) is 22.5. The first kappa shape index (κ1) is 15.2. The van der Waals surface area contributed by atoms with Gasteiger partial charge in [0.2, 0.25) is 0 Å². The van der Waals surface area contributed by atoms with E-state index in [-0.39, 0.29) is 12.8 Å². The topological polar surface area (TPSA) is 61.8 Å². The van der Waals surface area contributed by atoms with Crippen molar-refractivity contribution >= 4 is 11.9 Å². The number of carbonyl (C=O) groups excluding carboxylic acids is 2. The summed E-state index contributed by atoms with van der Waals surface area (Å²) in [5, 5.41) is 0. The molecule has 0 amide bonds. The summed E-state index contributed by atoms with van der Waals surface area (Å²) in [6, 6.07) is 9.52. The van der Waals surface area contributed by atoms with Crippen molar-refractivity contribution in [2.45, 2.75) is 25.6 Å². The average Bonchev–Trinajstić information content (AvgIpc) is 2.45. The molecule has 0 N–H and O–H groups in total. The lowest BCUT2D eigenvalue weighted by Gasteiger charge is -2.15. The highest BCUT2D eigenvalue weighted by Crippen LogP contribution is 2.10. The Morgan fingerprint density at radius 3 is 2.00 bits per heavy atom. The number of benzene rings is 1. The molecule has 19 heavy (non-hydrogen) atoms. The van der Waals surface area contributed by atoms with E-state index in [4.69, 9.17) is 4.74 Å². The van der Waals surface area contributed by atoms with E-state index in [1.165, 1.54) is 14.2 Å². The van der Waals surface area contributed by atoms with Crippen LogP contribution in [-0.4, -0.2) is 32.3 Å². The molecule has 5 nitrogen and oxygen atoms in total. The molecule has 0 aromatic heterocycles. The molecule has 0 heterocycles. The fourth-order valence-electron chi connectivity index (χ4n) is 1.52. The number of carbonyl (C=O) groups is 2. The van der Waals surface area contributed by atoms with Gasteiger partial charge in [-0.15, -0.1) is 0 Å². The van der Waals surface area contributed by atoms with Gasteiger partial charge in [0.05, 0.1) is 39.8 Å². The average molecular weight is 266 g/mol. The van der Waals surface area contributed by atoms with Crippen LogP contribution in [0.1, 0.15) is 18.4 Å². The number of hydrogen-bond donors (Lipinski definition) is 0. The van der Waals surface area contributed by atoms with Gasteiger partial charge in [-0.25, -0.2) is 0 Å². The van der Waals surface area contributed by atoms with E-state index in [9.17, 15) is 9.59 Å². The smallest absolute Gasteiger partial charge is 0.308 e. The van der Waals surface area contributed by atoms with E-state index in [0.29, 0.717) is 6.61 Å². The van der Waals surface area contributed by atoms with Gasteiger partial charge >= 0.3 is 11.9 Å². The van der Waals surface area contributed by atoms with Gasteiger partial charge in [-0.2, -0.15) is 0 Å². The third kappa shape index (κ3) is 6.01. The molecule has 0 saturated heterocycles. The maximum atomic E-state index is 11.2. The molecule has 0 fully saturated rings. The van der Waals surface area contributed by atoms with E-state index in [1.807, 2.05) is 30.3 Å².